The standard InChI is InChI=1S/C21H32ClFN4O4S/c22-14-12-17-19(18(13-14)27(29)30)32-21(24-20(17)28)26-9-7-25(8-10-26)6-1-11-31-16-4-2-15(23)3-5-16/h14-19H,1-13H2. The van der Waals surface area contributed by atoms with Gasteiger partial charge in [-0.3, -0.25) is 19.8 Å². The van der Waals surface area contributed by atoms with E-state index in [0.717, 1.165) is 52.0 Å². The molecule has 1 amide bonds. The molecule has 2 aliphatic heterocycles. The summed E-state index contributed by atoms with van der Waals surface area (Å²) in [6.07, 6.45) is 4.14. The molecule has 2 aliphatic carbocycles. The van der Waals surface area contributed by atoms with E-state index in [0.29, 0.717) is 37.5 Å². The number of amidine groups is 1. The first-order valence-corrected chi connectivity index (χ1v) is 13.0. The molecule has 4 atom stereocenters. The molecule has 2 heterocycles. The lowest BCUT2D eigenvalue weighted by atomic mass is 9.84. The van der Waals surface area contributed by atoms with Crippen LogP contribution in [0.4, 0.5) is 4.39 Å². The van der Waals surface area contributed by atoms with Crippen molar-refractivity contribution >= 4 is 34.4 Å². The lowest BCUT2D eigenvalue weighted by Gasteiger charge is -2.41. The Morgan fingerprint density at radius 2 is 1.91 bits per heavy atom. The van der Waals surface area contributed by atoms with Gasteiger partial charge in [0.25, 0.3) is 5.91 Å². The Bertz CT molecular complexity index is 716. The number of thioether (sulfide) groups is 1. The van der Waals surface area contributed by atoms with Crippen molar-refractivity contribution in [2.24, 2.45) is 10.9 Å². The summed E-state index contributed by atoms with van der Waals surface area (Å²) in [6, 6.07) is -0.808. The van der Waals surface area contributed by atoms with Crippen LogP contribution in [0.1, 0.15) is 44.9 Å². The van der Waals surface area contributed by atoms with Crippen LogP contribution in [0.25, 0.3) is 0 Å². The maximum atomic E-state index is 13.2. The highest BCUT2D eigenvalue weighted by atomic mass is 35.5. The number of carbonyl (C=O) groups excluding carboxylic acids is 1. The van der Waals surface area contributed by atoms with Gasteiger partial charge in [-0.15, -0.1) is 11.6 Å². The molecule has 0 N–H and O–H groups in total. The van der Waals surface area contributed by atoms with Crippen LogP contribution in [-0.2, 0) is 9.53 Å². The van der Waals surface area contributed by atoms with Gasteiger partial charge in [0, 0.05) is 56.1 Å². The minimum Gasteiger partial charge on any atom is -0.378 e. The first-order valence-electron chi connectivity index (χ1n) is 11.7. The summed E-state index contributed by atoms with van der Waals surface area (Å²) in [5, 5.41) is 11.5. The molecule has 32 heavy (non-hydrogen) atoms. The Morgan fingerprint density at radius 1 is 1.19 bits per heavy atom. The highest BCUT2D eigenvalue weighted by Gasteiger charge is 2.50. The average molecular weight is 491 g/mol. The number of fused-ring (bicyclic) bond motifs is 1. The molecular weight excluding hydrogens is 459 g/mol. The molecule has 0 aromatic heterocycles. The summed E-state index contributed by atoms with van der Waals surface area (Å²) in [7, 11) is 0. The van der Waals surface area contributed by atoms with Crippen molar-refractivity contribution in [2.75, 3.05) is 39.3 Å². The van der Waals surface area contributed by atoms with E-state index < -0.39 is 18.1 Å². The topological polar surface area (TPSA) is 88.3 Å². The van der Waals surface area contributed by atoms with Gasteiger partial charge in [0.2, 0.25) is 6.04 Å². The minimum atomic E-state index is -0.808. The van der Waals surface area contributed by atoms with Crippen LogP contribution in [0.15, 0.2) is 4.99 Å². The molecule has 4 unspecified atom stereocenters. The van der Waals surface area contributed by atoms with Crippen molar-refractivity contribution in [3.8, 4) is 0 Å². The maximum Gasteiger partial charge on any atom is 0.252 e. The monoisotopic (exact) mass is 490 g/mol. The normalized spacial score (nSPS) is 36.5. The molecule has 1 saturated heterocycles. The molecule has 0 aromatic carbocycles. The number of piperazine rings is 1. The Kier molecular flexibility index (Phi) is 8.28. The third-order valence-corrected chi connectivity index (χ3v) is 8.87. The fraction of sp³-hybridized carbons (Fsp3) is 0.905. The second kappa shape index (κ2) is 11.0. The fourth-order valence-electron chi connectivity index (χ4n) is 5.14. The molecule has 11 heteroatoms. The summed E-state index contributed by atoms with van der Waals surface area (Å²) >= 11 is 7.58. The SMILES string of the molecule is O=C1N=C(N2CCN(CCCOC3CCC(F)CC3)CC2)SC2C1CC(Cl)CC2[N+](=O)[O-]. The lowest BCUT2D eigenvalue weighted by Crippen LogP contribution is -2.53. The maximum absolute atomic E-state index is 13.2. The number of aliphatic imine (C=N–C) groups is 1. The van der Waals surface area contributed by atoms with Gasteiger partial charge in [-0.1, -0.05) is 11.8 Å². The number of alkyl halides is 2. The number of amides is 1. The number of halogens is 2. The van der Waals surface area contributed by atoms with Gasteiger partial charge in [0.1, 0.15) is 6.17 Å². The molecule has 4 rings (SSSR count). The molecule has 0 radical (unpaired) electrons. The van der Waals surface area contributed by atoms with Crippen molar-refractivity contribution in [1.82, 2.24) is 9.80 Å². The number of hydrogen-bond donors (Lipinski definition) is 0. The van der Waals surface area contributed by atoms with E-state index in [1.54, 1.807) is 0 Å². The molecule has 0 bridgehead atoms. The van der Waals surface area contributed by atoms with E-state index in [4.69, 9.17) is 16.3 Å². The smallest absolute Gasteiger partial charge is 0.252 e. The van der Waals surface area contributed by atoms with E-state index in [1.165, 1.54) is 11.8 Å². The summed E-state index contributed by atoms with van der Waals surface area (Å²) < 4.78 is 19.1. The van der Waals surface area contributed by atoms with E-state index in [2.05, 4.69) is 14.8 Å². The van der Waals surface area contributed by atoms with Crippen LogP contribution in [0.2, 0.25) is 0 Å². The predicted octanol–water partition coefficient (Wildman–Crippen LogP) is 2.95. The third-order valence-electron chi connectivity index (χ3n) is 7.04. The number of nitrogens with zero attached hydrogens (tertiary/aromatic N) is 4. The van der Waals surface area contributed by atoms with Gasteiger partial charge in [-0.25, -0.2) is 4.39 Å². The van der Waals surface area contributed by atoms with Crippen molar-refractivity contribution in [3.05, 3.63) is 10.1 Å². The predicted molar refractivity (Wildman–Crippen MR) is 123 cm³/mol. The molecule has 8 nitrogen and oxygen atoms in total. The van der Waals surface area contributed by atoms with Gasteiger partial charge >= 0.3 is 0 Å². The van der Waals surface area contributed by atoms with Crippen molar-refractivity contribution in [1.29, 1.82) is 0 Å². The number of nitro groups is 1. The van der Waals surface area contributed by atoms with Crippen molar-refractivity contribution in [2.45, 2.75) is 73.9 Å². The van der Waals surface area contributed by atoms with Crippen molar-refractivity contribution in [3.63, 3.8) is 0 Å². The second-order valence-electron chi connectivity index (χ2n) is 9.27. The zero-order valence-electron chi connectivity index (χ0n) is 18.2. The van der Waals surface area contributed by atoms with Gasteiger partial charge in [0.15, 0.2) is 5.17 Å². The van der Waals surface area contributed by atoms with Crippen LogP contribution >= 0.6 is 23.4 Å². The van der Waals surface area contributed by atoms with Crippen LogP contribution in [0, 0.1) is 16.0 Å². The first-order chi connectivity index (χ1) is 15.4. The van der Waals surface area contributed by atoms with Crippen LogP contribution in [0.3, 0.4) is 0 Å². The molecule has 0 aromatic rings. The number of rotatable bonds is 6. The quantitative estimate of drug-likeness (QED) is 0.245. The highest BCUT2D eigenvalue weighted by Crippen LogP contribution is 2.41. The molecule has 3 fully saturated rings. The molecule has 180 valence electrons. The first kappa shape index (κ1) is 24.2. The van der Waals surface area contributed by atoms with Gasteiger partial charge in [-0.2, -0.15) is 4.99 Å². The fourth-order valence-corrected chi connectivity index (χ4v) is 6.99. The Morgan fingerprint density at radius 3 is 2.59 bits per heavy atom. The zero-order valence-corrected chi connectivity index (χ0v) is 19.8. The average Bonchev–Trinajstić information content (AvgIpc) is 2.78. The minimum absolute atomic E-state index is 0.207. The number of carbonyl (C=O) groups is 1. The van der Waals surface area contributed by atoms with Crippen LogP contribution in [-0.4, -0.2) is 94.1 Å². The summed E-state index contributed by atoms with van der Waals surface area (Å²) in [4.78, 5) is 32.7. The summed E-state index contributed by atoms with van der Waals surface area (Å²) in [6.45, 7) is 4.86. The summed E-state index contributed by atoms with van der Waals surface area (Å²) in [5.74, 6) is -0.723. The lowest BCUT2D eigenvalue weighted by molar-refractivity contribution is -0.525. The largest absolute Gasteiger partial charge is 0.378 e. The summed E-state index contributed by atoms with van der Waals surface area (Å²) in [5.41, 5.74) is 0. The van der Waals surface area contributed by atoms with Gasteiger partial charge in [-0.05, 0) is 38.5 Å². The highest BCUT2D eigenvalue weighted by molar-refractivity contribution is 8.14. The van der Waals surface area contributed by atoms with E-state index in [1.807, 2.05) is 0 Å². The number of hydrogen-bond acceptors (Lipinski definition) is 7. The van der Waals surface area contributed by atoms with E-state index >= 15 is 0 Å². The zero-order chi connectivity index (χ0) is 22.7. The van der Waals surface area contributed by atoms with Crippen molar-refractivity contribution < 1.29 is 18.8 Å². The molecule has 2 saturated carbocycles. The van der Waals surface area contributed by atoms with E-state index in [-0.39, 0.29) is 27.6 Å². The Balaban J connectivity index is 1.21. The molecular formula is C21H32ClFN4O4S. The third kappa shape index (κ3) is 5.93. The second-order valence-corrected chi connectivity index (χ2v) is 11.0. The number of ether oxygens (including phenoxy) is 1. The Hall–Kier alpha value is -0.970. The molecule has 4 aliphatic rings. The van der Waals surface area contributed by atoms with E-state index in [9.17, 15) is 19.3 Å². The van der Waals surface area contributed by atoms with Crippen LogP contribution in [0.5, 0.6) is 0 Å². The Labute approximate surface area is 197 Å². The van der Waals surface area contributed by atoms with Crippen LogP contribution < -0.4 is 0 Å². The molecule has 0 spiro atoms. The van der Waals surface area contributed by atoms with Gasteiger partial charge < -0.3 is 9.64 Å². The van der Waals surface area contributed by atoms with Gasteiger partial charge in [0.05, 0.1) is 17.3 Å².